The molecule has 4 nitrogen and oxygen atoms in total. The number of aliphatic hydroxyl groups is 1. The molecule has 0 spiro atoms. The van der Waals surface area contributed by atoms with Crippen LogP contribution in [0.5, 0.6) is 0 Å². The first kappa shape index (κ1) is 16.9. The Hall–Kier alpha value is -0.160. The average molecular weight is 273 g/mol. The summed E-state index contributed by atoms with van der Waals surface area (Å²) in [5.41, 5.74) is 0. The van der Waals surface area contributed by atoms with E-state index in [0.717, 1.165) is 18.4 Å². The van der Waals surface area contributed by atoms with E-state index in [-0.39, 0.29) is 6.10 Å². The van der Waals surface area contributed by atoms with Gasteiger partial charge in [-0.3, -0.25) is 0 Å². The number of aliphatic hydroxyl groups excluding tert-OH is 1. The fourth-order valence-corrected chi connectivity index (χ4v) is 2.58. The summed E-state index contributed by atoms with van der Waals surface area (Å²) in [6.07, 6.45) is 3.86. The Morgan fingerprint density at radius 1 is 1.26 bits per heavy atom. The highest BCUT2D eigenvalue weighted by Gasteiger charge is 2.22. The van der Waals surface area contributed by atoms with Gasteiger partial charge in [0.15, 0.2) is 0 Å². The summed E-state index contributed by atoms with van der Waals surface area (Å²) >= 11 is 0. The Bertz CT molecular complexity index is 223. The molecule has 19 heavy (non-hydrogen) atoms. The summed E-state index contributed by atoms with van der Waals surface area (Å²) < 4.78 is 10.7. The molecule has 0 aromatic carbocycles. The zero-order chi connectivity index (χ0) is 14.1. The van der Waals surface area contributed by atoms with Gasteiger partial charge < -0.3 is 19.9 Å². The van der Waals surface area contributed by atoms with E-state index in [1.807, 2.05) is 13.8 Å². The SMILES string of the molecule is CC(C)OCCOCC(O)CNCC1CCCC1C. The predicted octanol–water partition coefficient (Wildman–Crippen LogP) is 1.81. The second kappa shape index (κ2) is 9.70. The van der Waals surface area contributed by atoms with Crippen LogP contribution >= 0.6 is 0 Å². The van der Waals surface area contributed by atoms with E-state index in [1.54, 1.807) is 0 Å². The molecule has 1 fully saturated rings. The van der Waals surface area contributed by atoms with E-state index >= 15 is 0 Å². The average Bonchev–Trinajstić information content (AvgIpc) is 2.74. The molecule has 1 rings (SSSR count). The fourth-order valence-electron chi connectivity index (χ4n) is 2.58. The number of hydrogen-bond donors (Lipinski definition) is 2. The van der Waals surface area contributed by atoms with Crippen LogP contribution < -0.4 is 5.32 Å². The summed E-state index contributed by atoms with van der Waals surface area (Å²) in [5, 5.41) is 13.1. The predicted molar refractivity (Wildman–Crippen MR) is 77.3 cm³/mol. The molecular weight excluding hydrogens is 242 g/mol. The number of hydrogen-bond acceptors (Lipinski definition) is 4. The molecule has 2 N–H and O–H groups in total. The molecule has 1 aliphatic carbocycles. The normalized spacial score (nSPS) is 25.1. The van der Waals surface area contributed by atoms with Crippen LogP contribution in [-0.2, 0) is 9.47 Å². The first-order valence-electron chi connectivity index (χ1n) is 7.67. The van der Waals surface area contributed by atoms with E-state index < -0.39 is 6.10 Å². The Kier molecular flexibility index (Phi) is 8.62. The van der Waals surface area contributed by atoms with Gasteiger partial charge in [0, 0.05) is 6.54 Å². The highest BCUT2D eigenvalue weighted by atomic mass is 16.5. The lowest BCUT2D eigenvalue weighted by Crippen LogP contribution is -2.34. The monoisotopic (exact) mass is 273 g/mol. The van der Waals surface area contributed by atoms with Crippen LogP contribution in [0.25, 0.3) is 0 Å². The summed E-state index contributed by atoms with van der Waals surface area (Å²) in [6.45, 7) is 9.50. The lowest BCUT2D eigenvalue weighted by atomic mass is 9.98. The molecule has 0 aromatic rings. The third-order valence-electron chi connectivity index (χ3n) is 3.81. The topological polar surface area (TPSA) is 50.7 Å². The van der Waals surface area contributed by atoms with Crippen LogP contribution in [-0.4, -0.2) is 50.2 Å². The molecule has 4 heteroatoms. The third kappa shape index (κ3) is 7.88. The molecule has 3 atom stereocenters. The fraction of sp³-hybridized carbons (Fsp3) is 1.00. The Morgan fingerprint density at radius 3 is 2.68 bits per heavy atom. The maximum Gasteiger partial charge on any atom is 0.0897 e. The van der Waals surface area contributed by atoms with Crippen molar-refractivity contribution in [3.63, 3.8) is 0 Å². The Labute approximate surface area is 117 Å². The molecular formula is C15H31NO3. The van der Waals surface area contributed by atoms with Gasteiger partial charge in [0.2, 0.25) is 0 Å². The number of nitrogens with one attached hydrogen (secondary N) is 1. The van der Waals surface area contributed by atoms with Gasteiger partial charge in [-0.2, -0.15) is 0 Å². The Morgan fingerprint density at radius 2 is 2.05 bits per heavy atom. The minimum atomic E-state index is -0.421. The number of ether oxygens (including phenoxy) is 2. The number of rotatable bonds is 10. The maximum absolute atomic E-state index is 9.77. The molecule has 0 radical (unpaired) electrons. The van der Waals surface area contributed by atoms with Crippen LogP contribution in [0.1, 0.15) is 40.0 Å². The van der Waals surface area contributed by atoms with Crippen molar-refractivity contribution in [2.75, 3.05) is 32.9 Å². The van der Waals surface area contributed by atoms with Gasteiger partial charge in [-0.05, 0) is 38.6 Å². The first-order valence-corrected chi connectivity index (χ1v) is 7.67. The summed E-state index contributed by atoms with van der Waals surface area (Å²) in [7, 11) is 0. The molecule has 0 aromatic heterocycles. The molecule has 1 saturated carbocycles. The van der Waals surface area contributed by atoms with Gasteiger partial charge in [-0.1, -0.05) is 19.8 Å². The molecule has 0 heterocycles. The minimum Gasteiger partial charge on any atom is -0.389 e. The van der Waals surface area contributed by atoms with Crippen LogP contribution in [0.2, 0.25) is 0 Å². The molecule has 0 amide bonds. The van der Waals surface area contributed by atoms with Crippen molar-refractivity contribution in [3.8, 4) is 0 Å². The molecule has 0 saturated heterocycles. The first-order chi connectivity index (χ1) is 9.09. The zero-order valence-electron chi connectivity index (χ0n) is 12.7. The molecule has 3 unspecified atom stereocenters. The largest absolute Gasteiger partial charge is 0.389 e. The van der Waals surface area contributed by atoms with Gasteiger partial charge in [0.25, 0.3) is 0 Å². The highest BCUT2D eigenvalue weighted by Crippen LogP contribution is 2.30. The van der Waals surface area contributed by atoms with Gasteiger partial charge in [-0.25, -0.2) is 0 Å². The van der Waals surface area contributed by atoms with Crippen LogP contribution in [0.3, 0.4) is 0 Å². The van der Waals surface area contributed by atoms with Crippen molar-refractivity contribution in [1.82, 2.24) is 5.32 Å². The third-order valence-corrected chi connectivity index (χ3v) is 3.81. The molecule has 0 aliphatic heterocycles. The molecule has 1 aliphatic rings. The lowest BCUT2D eigenvalue weighted by Gasteiger charge is -2.18. The molecule has 0 bridgehead atoms. The Balaban J connectivity index is 1.91. The van der Waals surface area contributed by atoms with Crippen molar-refractivity contribution in [2.45, 2.75) is 52.2 Å². The van der Waals surface area contributed by atoms with Crippen molar-refractivity contribution >= 4 is 0 Å². The van der Waals surface area contributed by atoms with Crippen molar-refractivity contribution in [1.29, 1.82) is 0 Å². The van der Waals surface area contributed by atoms with Gasteiger partial charge in [0.05, 0.1) is 32.0 Å². The highest BCUT2D eigenvalue weighted by molar-refractivity contribution is 4.76. The summed E-state index contributed by atoms with van der Waals surface area (Å²) in [4.78, 5) is 0. The van der Waals surface area contributed by atoms with Crippen molar-refractivity contribution in [2.24, 2.45) is 11.8 Å². The molecule has 114 valence electrons. The second-order valence-corrected chi connectivity index (χ2v) is 5.97. The van der Waals surface area contributed by atoms with Gasteiger partial charge in [-0.15, -0.1) is 0 Å². The van der Waals surface area contributed by atoms with E-state index in [2.05, 4.69) is 12.2 Å². The van der Waals surface area contributed by atoms with Crippen LogP contribution in [0.15, 0.2) is 0 Å². The summed E-state index contributed by atoms with van der Waals surface area (Å²) in [5.74, 6) is 1.61. The van der Waals surface area contributed by atoms with E-state index in [4.69, 9.17) is 9.47 Å². The standard InChI is InChI=1S/C15H31NO3/c1-12(2)19-8-7-18-11-15(17)10-16-9-14-6-4-5-13(14)3/h12-17H,4-11H2,1-3H3. The van der Waals surface area contributed by atoms with Crippen LogP contribution in [0.4, 0.5) is 0 Å². The van der Waals surface area contributed by atoms with Crippen LogP contribution in [0, 0.1) is 11.8 Å². The maximum atomic E-state index is 9.77. The zero-order valence-corrected chi connectivity index (χ0v) is 12.7. The second-order valence-electron chi connectivity index (χ2n) is 5.97. The quantitative estimate of drug-likeness (QED) is 0.596. The summed E-state index contributed by atoms with van der Waals surface area (Å²) in [6, 6.07) is 0. The minimum absolute atomic E-state index is 0.239. The smallest absolute Gasteiger partial charge is 0.0897 e. The van der Waals surface area contributed by atoms with E-state index in [9.17, 15) is 5.11 Å². The van der Waals surface area contributed by atoms with Gasteiger partial charge in [0.1, 0.15) is 0 Å². The van der Waals surface area contributed by atoms with E-state index in [0.29, 0.717) is 26.4 Å². The lowest BCUT2D eigenvalue weighted by molar-refractivity contribution is -0.0101. The van der Waals surface area contributed by atoms with E-state index in [1.165, 1.54) is 19.3 Å². The van der Waals surface area contributed by atoms with Crippen molar-refractivity contribution in [3.05, 3.63) is 0 Å². The van der Waals surface area contributed by atoms with Gasteiger partial charge >= 0.3 is 0 Å². The van der Waals surface area contributed by atoms with Crippen molar-refractivity contribution < 1.29 is 14.6 Å².